The number of hydrazone groups is 1. The summed E-state index contributed by atoms with van der Waals surface area (Å²) in [7, 11) is 0. The molecule has 0 radical (unpaired) electrons. The number of carbonyl (C=O) groups is 1. The lowest BCUT2D eigenvalue weighted by atomic mass is 10.1. The summed E-state index contributed by atoms with van der Waals surface area (Å²) in [5.41, 5.74) is 3.95. The Hall–Kier alpha value is -3.89. The van der Waals surface area contributed by atoms with Crippen molar-refractivity contribution >= 4 is 29.1 Å². The molecule has 3 N–H and O–H groups in total. The first-order valence-electron chi connectivity index (χ1n) is 12.0. The molecule has 2 heterocycles. The third-order valence-electron chi connectivity index (χ3n) is 5.78. The number of fused-ring (bicyclic) bond motifs is 1. The molecule has 36 heavy (non-hydrogen) atoms. The van der Waals surface area contributed by atoms with Gasteiger partial charge >= 0.3 is 0 Å². The maximum atomic E-state index is 13.9. The van der Waals surface area contributed by atoms with E-state index in [1.807, 2.05) is 32.0 Å². The van der Waals surface area contributed by atoms with Crippen molar-refractivity contribution in [2.24, 2.45) is 5.10 Å². The number of Topliss-reactive ketones (excluding diaryl/α,β-unsaturated/α-hetero) is 1. The summed E-state index contributed by atoms with van der Waals surface area (Å²) in [5.74, 6) is 0.879. The molecule has 0 atom stereocenters. The molecule has 10 nitrogen and oxygen atoms in total. The summed E-state index contributed by atoms with van der Waals surface area (Å²) >= 11 is 0. The van der Waals surface area contributed by atoms with E-state index < -0.39 is 0 Å². The van der Waals surface area contributed by atoms with Gasteiger partial charge in [-0.05, 0) is 44.2 Å². The van der Waals surface area contributed by atoms with E-state index >= 15 is 0 Å². The van der Waals surface area contributed by atoms with Gasteiger partial charge in [0.2, 0.25) is 0 Å². The summed E-state index contributed by atoms with van der Waals surface area (Å²) in [6, 6.07) is 12.4. The fourth-order valence-electron chi connectivity index (χ4n) is 4.13. The summed E-state index contributed by atoms with van der Waals surface area (Å²) in [6.07, 6.45) is 2.14. The highest BCUT2D eigenvalue weighted by atomic mass is 16.5. The SMILES string of the molecule is CC(C)Oc1ccc(C(=O)CN/N=C\C=N)cc1-n1c(CN2CCNCC2)nc2ccccc2c1=O. The molecule has 1 aliphatic heterocycles. The van der Waals surface area contributed by atoms with Crippen LogP contribution in [0.2, 0.25) is 0 Å². The number of rotatable bonds is 10. The van der Waals surface area contributed by atoms with Crippen LogP contribution in [0.15, 0.2) is 52.4 Å². The van der Waals surface area contributed by atoms with Gasteiger partial charge in [0.25, 0.3) is 5.56 Å². The molecule has 3 aromatic rings. The number of carbonyl (C=O) groups excluding carboxylic acids is 1. The molecule has 0 amide bonds. The fraction of sp³-hybridized carbons (Fsp3) is 0.346. The average molecular weight is 490 g/mol. The van der Waals surface area contributed by atoms with Crippen molar-refractivity contribution in [1.29, 1.82) is 5.41 Å². The van der Waals surface area contributed by atoms with Crippen molar-refractivity contribution in [2.45, 2.75) is 26.5 Å². The van der Waals surface area contributed by atoms with Gasteiger partial charge in [-0.3, -0.25) is 19.1 Å². The minimum atomic E-state index is -0.211. The average Bonchev–Trinajstić information content (AvgIpc) is 2.87. The van der Waals surface area contributed by atoms with E-state index in [2.05, 4.69) is 20.7 Å². The summed E-state index contributed by atoms with van der Waals surface area (Å²) in [6.45, 7) is 7.70. The van der Waals surface area contributed by atoms with Crippen molar-refractivity contribution in [3.8, 4) is 11.4 Å². The van der Waals surface area contributed by atoms with E-state index in [0.29, 0.717) is 40.3 Å². The van der Waals surface area contributed by atoms with Gasteiger partial charge in [0.05, 0.1) is 42.0 Å². The van der Waals surface area contributed by atoms with Crippen molar-refractivity contribution in [1.82, 2.24) is 25.2 Å². The Bertz CT molecular complexity index is 1330. The van der Waals surface area contributed by atoms with Gasteiger partial charge in [-0.1, -0.05) is 12.1 Å². The first-order valence-corrected chi connectivity index (χ1v) is 12.0. The molecular weight excluding hydrogens is 458 g/mol. The molecule has 1 aromatic heterocycles. The molecule has 1 aliphatic rings. The van der Waals surface area contributed by atoms with Gasteiger partial charge in [-0.15, -0.1) is 0 Å². The molecule has 0 saturated carbocycles. The van der Waals surface area contributed by atoms with Crippen molar-refractivity contribution in [2.75, 3.05) is 32.7 Å². The maximum Gasteiger partial charge on any atom is 0.266 e. The molecule has 2 aromatic carbocycles. The van der Waals surface area contributed by atoms with Crippen molar-refractivity contribution in [3.63, 3.8) is 0 Å². The van der Waals surface area contributed by atoms with Crippen molar-refractivity contribution < 1.29 is 9.53 Å². The van der Waals surface area contributed by atoms with Crippen LogP contribution < -0.4 is 21.0 Å². The third-order valence-corrected chi connectivity index (χ3v) is 5.78. The molecule has 0 bridgehead atoms. The number of hydrogen-bond acceptors (Lipinski definition) is 9. The second-order valence-electron chi connectivity index (χ2n) is 8.76. The first kappa shape index (κ1) is 25.2. The first-order chi connectivity index (χ1) is 17.5. The predicted molar refractivity (Wildman–Crippen MR) is 141 cm³/mol. The van der Waals surface area contributed by atoms with Gasteiger partial charge in [0, 0.05) is 38.0 Å². The second-order valence-corrected chi connectivity index (χ2v) is 8.76. The highest BCUT2D eigenvalue weighted by molar-refractivity contribution is 6.14. The molecule has 0 spiro atoms. The number of piperazine rings is 1. The van der Waals surface area contributed by atoms with Gasteiger partial charge in [-0.25, -0.2) is 4.98 Å². The number of hydrogen-bond donors (Lipinski definition) is 3. The summed E-state index contributed by atoms with van der Waals surface area (Å²) < 4.78 is 7.66. The highest BCUT2D eigenvalue weighted by Gasteiger charge is 2.21. The van der Waals surface area contributed by atoms with Crippen LogP contribution in [0.5, 0.6) is 5.75 Å². The van der Waals surface area contributed by atoms with Gasteiger partial charge in [0.15, 0.2) is 5.78 Å². The molecule has 1 saturated heterocycles. The molecule has 1 fully saturated rings. The Morgan fingerprint density at radius 1 is 1.25 bits per heavy atom. The Balaban J connectivity index is 1.85. The lowest BCUT2D eigenvalue weighted by Gasteiger charge is -2.28. The topological polar surface area (TPSA) is 125 Å². The van der Waals surface area contributed by atoms with Crippen LogP contribution in [0.25, 0.3) is 16.6 Å². The minimum Gasteiger partial charge on any atom is -0.489 e. The second kappa shape index (κ2) is 11.7. The zero-order chi connectivity index (χ0) is 25.5. The highest BCUT2D eigenvalue weighted by Crippen LogP contribution is 2.27. The van der Waals surface area contributed by atoms with Crippen LogP contribution in [-0.2, 0) is 6.54 Å². The Morgan fingerprint density at radius 3 is 2.78 bits per heavy atom. The quantitative estimate of drug-likeness (QED) is 0.226. The van der Waals surface area contributed by atoms with E-state index in [1.54, 1.807) is 28.8 Å². The summed E-state index contributed by atoms with van der Waals surface area (Å²) in [5, 5.41) is 14.6. The van der Waals surface area contributed by atoms with Crippen LogP contribution in [0.4, 0.5) is 0 Å². The Morgan fingerprint density at radius 2 is 2.03 bits per heavy atom. The largest absolute Gasteiger partial charge is 0.489 e. The van der Waals surface area contributed by atoms with Crippen LogP contribution in [0, 0.1) is 5.41 Å². The van der Waals surface area contributed by atoms with Gasteiger partial charge in [-0.2, -0.15) is 5.10 Å². The number of benzene rings is 2. The number of nitrogens with zero attached hydrogens (tertiary/aromatic N) is 4. The number of aromatic nitrogens is 2. The molecular formula is C26H31N7O3. The zero-order valence-electron chi connectivity index (χ0n) is 20.5. The monoisotopic (exact) mass is 489 g/mol. The molecule has 0 unspecified atom stereocenters. The number of para-hydroxylation sites is 1. The van der Waals surface area contributed by atoms with E-state index in [4.69, 9.17) is 15.1 Å². The minimum absolute atomic E-state index is 0.0489. The fourth-order valence-corrected chi connectivity index (χ4v) is 4.13. The van der Waals surface area contributed by atoms with Crippen LogP contribution in [0.3, 0.4) is 0 Å². The maximum absolute atomic E-state index is 13.9. The zero-order valence-corrected chi connectivity index (χ0v) is 20.5. The lowest BCUT2D eigenvalue weighted by molar-refractivity contribution is 0.0991. The predicted octanol–water partition coefficient (Wildman–Crippen LogP) is 1.99. The smallest absolute Gasteiger partial charge is 0.266 e. The van der Waals surface area contributed by atoms with Crippen LogP contribution in [0.1, 0.15) is 30.0 Å². The van der Waals surface area contributed by atoms with E-state index in [9.17, 15) is 9.59 Å². The summed E-state index contributed by atoms with van der Waals surface area (Å²) in [4.78, 5) is 33.9. The third kappa shape index (κ3) is 5.84. The van der Waals surface area contributed by atoms with Crippen LogP contribution >= 0.6 is 0 Å². The molecule has 188 valence electrons. The number of nitrogens with one attached hydrogen (secondary N) is 3. The standard InChI is InChI=1S/C26H31N7O3/c1-18(2)36-24-8-7-19(23(34)16-30-29-10-9-27)15-22(24)33-25(17-32-13-11-28-12-14-32)31-21-6-4-3-5-20(21)26(33)35/h3-10,15,18,27-28,30H,11-14,16-17H2,1-2H3/b27-9?,29-10-. The van der Waals surface area contributed by atoms with Gasteiger partial charge < -0.3 is 20.9 Å². The number of ketones is 1. The van der Waals surface area contributed by atoms with E-state index in [1.165, 1.54) is 6.21 Å². The number of ether oxygens (including phenoxy) is 1. The van der Waals surface area contributed by atoms with Gasteiger partial charge in [0.1, 0.15) is 11.6 Å². The van der Waals surface area contributed by atoms with E-state index in [-0.39, 0.29) is 24.0 Å². The molecule has 4 rings (SSSR count). The Kier molecular flexibility index (Phi) is 8.19. The molecule has 0 aliphatic carbocycles. The van der Waals surface area contributed by atoms with Crippen LogP contribution in [-0.4, -0.2) is 71.5 Å². The Labute approximate surface area is 209 Å². The normalized spacial score (nSPS) is 14.4. The lowest BCUT2D eigenvalue weighted by Crippen LogP contribution is -2.44. The van der Waals surface area contributed by atoms with Crippen molar-refractivity contribution in [3.05, 3.63) is 64.2 Å². The van der Waals surface area contributed by atoms with E-state index in [0.717, 1.165) is 32.4 Å². The molecule has 10 heteroatoms.